The summed E-state index contributed by atoms with van der Waals surface area (Å²) in [6, 6.07) is 3.17. The number of amides is 1. The summed E-state index contributed by atoms with van der Waals surface area (Å²) in [5, 5.41) is 7.17. The van der Waals surface area contributed by atoms with E-state index < -0.39 is 0 Å². The molecule has 2 rings (SSSR count). The first-order chi connectivity index (χ1) is 7.65. The molecule has 2 aromatic rings. The van der Waals surface area contributed by atoms with Gasteiger partial charge in [0.25, 0.3) is 5.91 Å². The van der Waals surface area contributed by atoms with Gasteiger partial charge in [-0.25, -0.2) is 4.98 Å². The van der Waals surface area contributed by atoms with Gasteiger partial charge in [-0.15, -0.1) is 5.10 Å². The number of carbonyl (C=O) groups is 1. The van der Waals surface area contributed by atoms with Gasteiger partial charge in [-0.1, -0.05) is 16.1 Å². The molecule has 0 saturated carbocycles. The van der Waals surface area contributed by atoms with Crippen molar-refractivity contribution < 1.29 is 4.79 Å². The van der Waals surface area contributed by atoms with Crippen molar-refractivity contribution in [2.24, 2.45) is 0 Å². The molecule has 5 nitrogen and oxygen atoms in total. The molecular weight excluding hydrogens is 248 g/mol. The molecule has 0 saturated heterocycles. The maximum absolute atomic E-state index is 11.8. The van der Waals surface area contributed by atoms with Gasteiger partial charge in [0, 0.05) is 22.8 Å². The third-order valence-electron chi connectivity index (χ3n) is 1.78. The van der Waals surface area contributed by atoms with Crippen LogP contribution in [-0.2, 0) is 0 Å². The van der Waals surface area contributed by atoms with Crippen LogP contribution in [0.3, 0.4) is 0 Å². The van der Waals surface area contributed by atoms with Crippen LogP contribution in [0.5, 0.6) is 0 Å². The van der Waals surface area contributed by atoms with Crippen molar-refractivity contribution in [3.05, 3.63) is 34.7 Å². The molecule has 1 N–H and O–H groups in total. The minimum atomic E-state index is -0.251. The Bertz CT molecular complexity index is 494. The van der Waals surface area contributed by atoms with Crippen LogP contribution in [0.25, 0.3) is 0 Å². The molecule has 82 valence electrons. The van der Waals surface area contributed by atoms with Crippen molar-refractivity contribution in [2.75, 3.05) is 5.32 Å². The van der Waals surface area contributed by atoms with Crippen LogP contribution in [0, 0.1) is 6.92 Å². The molecule has 7 heteroatoms. The zero-order chi connectivity index (χ0) is 11.5. The van der Waals surface area contributed by atoms with E-state index in [0.29, 0.717) is 21.4 Å². The van der Waals surface area contributed by atoms with Gasteiger partial charge in [-0.2, -0.15) is 0 Å². The van der Waals surface area contributed by atoms with Gasteiger partial charge in [0.15, 0.2) is 0 Å². The Hall–Kier alpha value is -1.53. The number of rotatable bonds is 2. The summed E-state index contributed by atoms with van der Waals surface area (Å²) < 4.78 is 3.64. The van der Waals surface area contributed by atoms with Crippen LogP contribution < -0.4 is 5.32 Å². The van der Waals surface area contributed by atoms with Gasteiger partial charge in [-0.05, 0) is 19.1 Å². The summed E-state index contributed by atoms with van der Waals surface area (Å²) in [5.74, 6) is -0.251. The van der Waals surface area contributed by atoms with Gasteiger partial charge in [-0.3, -0.25) is 4.79 Å². The topological polar surface area (TPSA) is 67.8 Å². The summed E-state index contributed by atoms with van der Waals surface area (Å²) in [5.41, 5.74) is 1.16. The highest BCUT2D eigenvalue weighted by atomic mass is 35.5. The largest absolute Gasteiger partial charge is 0.311 e. The molecule has 0 spiro atoms. The predicted octanol–water partition coefficient (Wildman–Crippen LogP) is 2.15. The molecule has 0 unspecified atom stereocenters. The van der Waals surface area contributed by atoms with E-state index in [4.69, 9.17) is 11.6 Å². The Morgan fingerprint density at radius 1 is 1.50 bits per heavy atom. The molecule has 0 atom stereocenters. The number of anilines is 1. The Kier molecular flexibility index (Phi) is 3.12. The number of pyridine rings is 1. The highest BCUT2D eigenvalue weighted by molar-refractivity contribution is 7.10. The van der Waals surface area contributed by atoms with Crippen molar-refractivity contribution in [2.45, 2.75) is 6.92 Å². The molecule has 0 radical (unpaired) electrons. The Morgan fingerprint density at radius 3 is 2.94 bits per heavy atom. The molecule has 0 bridgehead atoms. The molecule has 0 aliphatic rings. The third kappa shape index (κ3) is 2.53. The normalized spacial score (nSPS) is 10.1. The zero-order valence-corrected chi connectivity index (χ0v) is 9.84. The number of aromatic nitrogens is 3. The minimum absolute atomic E-state index is 0.251. The van der Waals surface area contributed by atoms with E-state index in [1.54, 1.807) is 13.0 Å². The van der Waals surface area contributed by atoms with Gasteiger partial charge in [0.1, 0.15) is 10.2 Å². The number of hydrogen-bond donors (Lipinski definition) is 1. The van der Waals surface area contributed by atoms with E-state index in [1.807, 2.05) is 0 Å². The second-order valence-corrected chi connectivity index (χ2v) is 4.23. The molecule has 0 aliphatic carbocycles. The minimum Gasteiger partial charge on any atom is -0.311 e. The molecular formula is C9H7ClN4OS. The van der Waals surface area contributed by atoms with Gasteiger partial charge >= 0.3 is 0 Å². The molecule has 2 aromatic heterocycles. The lowest BCUT2D eigenvalue weighted by atomic mass is 10.2. The molecule has 0 fully saturated rings. The summed E-state index contributed by atoms with van der Waals surface area (Å²) in [4.78, 5) is 15.7. The molecule has 0 aromatic carbocycles. The zero-order valence-electron chi connectivity index (χ0n) is 8.27. The maximum Gasteiger partial charge on any atom is 0.256 e. The van der Waals surface area contributed by atoms with Crippen molar-refractivity contribution >= 4 is 34.0 Å². The molecule has 2 heterocycles. The van der Waals surface area contributed by atoms with Crippen LogP contribution in [0.4, 0.5) is 5.00 Å². The maximum atomic E-state index is 11.8. The standard InChI is InChI=1S/C9H7ClN4OS/c1-5-2-6(3-7(10)12-5)9(15)13-8-4-11-14-16-8/h2-4H,1H3,(H,13,15). The second kappa shape index (κ2) is 4.54. The summed E-state index contributed by atoms with van der Waals surface area (Å²) in [6.07, 6.45) is 1.48. The smallest absolute Gasteiger partial charge is 0.256 e. The number of nitrogens with zero attached hydrogens (tertiary/aromatic N) is 3. The average molecular weight is 255 g/mol. The van der Waals surface area contributed by atoms with Crippen LogP contribution >= 0.6 is 23.1 Å². The number of nitrogens with one attached hydrogen (secondary N) is 1. The fraction of sp³-hybridized carbons (Fsp3) is 0.111. The van der Waals surface area contributed by atoms with E-state index >= 15 is 0 Å². The third-order valence-corrected chi connectivity index (χ3v) is 2.56. The lowest BCUT2D eigenvalue weighted by Gasteiger charge is -2.02. The first-order valence-electron chi connectivity index (χ1n) is 4.38. The Morgan fingerprint density at radius 2 is 2.31 bits per heavy atom. The lowest BCUT2D eigenvalue weighted by Crippen LogP contribution is -2.11. The lowest BCUT2D eigenvalue weighted by molar-refractivity contribution is 0.102. The van der Waals surface area contributed by atoms with Gasteiger partial charge in [0.2, 0.25) is 0 Å². The molecule has 16 heavy (non-hydrogen) atoms. The number of carbonyl (C=O) groups excluding carboxylic acids is 1. The van der Waals surface area contributed by atoms with Crippen molar-refractivity contribution in [1.29, 1.82) is 0 Å². The summed E-state index contributed by atoms with van der Waals surface area (Å²) in [7, 11) is 0. The van der Waals surface area contributed by atoms with Crippen molar-refractivity contribution in [1.82, 2.24) is 14.6 Å². The molecule has 1 amide bonds. The van der Waals surface area contributed by atoms with Crippen LogP contribution in [0.2, 0.25) is 5.15 Å². The van der Waals surface area contributed by atoms with Crippen LogP contribution in [0.1, 0.15) is 16.1 Å². The first-order valence-corrected chi connectivity index (χ1v) is 5.53. The monoisotopic (exact) mass is 254 g/mol. The van der Waals surface area contributed by atoms with Crippen LogP contribution in [0.15, 0.2) is 18.3 Å². The SMILES string of the molecule is Cc1cc(C(=O)Nc2cnns2)cc(Cl)n1. The number of hydrogen-bond acceptors (Lipinski definition) is 5. The first kappa shape index (κ1) is 11.0. The van der Waals surface area contributed by atoms with Crippen molar-refractivity contribution in [3.63, 3.8) is 0 Å². The van der Waals surface area contributed by atoms with Crippen molar-refractivity contribution in [3.8, 4) is 0 Å². The second-order valence-electron chi connectivity index (χ2n) is 3.06. The van der Waals surface area contributed by atoms with E-state index in [9.17, 15) is 4.79 Å². The predicted molar refractivity (Wildman–Crippen MR) is 61.8 cm³/mol. The Labute approximate surface area is 101 Å². The van der Waals surface area contributed by atoms with E-state index in [-0.39, 0.29) is 5.91 Å². The quantitative estimate of drug-likeness (QED) is 0.834. The van der Waals surface area contributed by atoms with Gasteiger partial charge < -0.3 is 5.32 Å². The number of halogens is 1. The highest BCUT2D eigenvalue weighted by Gasteiger charge is 2.09. The van der Waals surface area contributed by atoms with Crippen LogP contribution in [-0.4, -0.2) is 20.5 Å². The fourth-order valence-corrected chi connectivity index (χ4v) is 1.83. The van der Waals surface area contributed by atoms with E-state index in [2.05, 4.69) is 19.9 Å². The fourth-order valence-electron chi connectivity index (χ4n) is 1.17. The molecule has 0 aliphatic heterocycles. The number of aryl methyl sites for hydroxylation is 1. The van der Waals surface area contributed by atoms with E-state index in [0.717, 1.165) is 11.5 Å². The summed E-state index contributed by atoms with van der Waals surface area (Å²) in [6.45, 7) is 1.77. The van der Waals surface area contributed by atoms with Gasteiger partial charge in [0.05, 0.1) is 6.20 Å². The Balaban J connectivity index is 2.21. The highest BCUT2D eigenvalue weighted by Crippen LogP contribution is 2.14. The summed E-state index contributed by atoms with van der Waals surface area (Å²) >= 11 is 6.88. The van der Waals surface area contributed by atoms with E-state index in [1.165, 1.54) is 12.3 Å². The average Bonchev–Trinajstić information content (AvgIpc) is 2.68.